The molecule has 1 unspecified atom stereocenters. The van der Waals surface area contributed by atoms with Crippen molar-refractivity contribution in [1.29, 1.82) is 0 Å². The van der Waals surface area contributed by atoms with Crippen molar-refractivity contribution in [2.24, 2.45) is 5.92 Å². The van der Waals surface area contributed by atoms with E-state index in [1.165, 1.54) is 23.3 Å². The van der Waals surface area contributed by atoms with Crippen LogP contribution in [0, 0.1) is 12.8 Å². The highest BCUT2D eigenvalue weighted by atomic mass is 79.9. The molecule has 2 aromatic rings. The van der Waals surface area contributed by atoms with Crippen LogP contribution in [0.15, 0.2) is 21.3 Å². The third-order valence-corrected chi connectivity index (χ3v) is 7.53. The number of hydrogen-bond donors (Lipinski definition) is 0. The zero-order valence-corrected chi connectivity index (χ0v) is 15.0. The molecule has 0 saturated heterocycles. The summed E-state index contributed by atoms with van der Waals surface area (Å²) in [6.45, 7) is 2.91. The fourth-order valence-corrected chi connectivity index (χ4v) is 5.61. The molecule has 1 aliphatic heterocycles. The zero-order chi connectivity index (χ0) is 14.6. The number of rotatable bonds is 2. The van der Waals surface area contributed by atoms with Gasteiger partial charge in [-0.1, -0.05) is 0 Å². The van der Waals surface area contributed by atoms with E-state index in [0.29, 0.717) is 12.0 Å². The van der Waals surface area contributed by atoms with Crippen molar-refractivity contribution in [3.63, 3.8) is 0 Å². The molecule has 1 fully saturated rings. The van der Waals surface area contributed by atoms with E-state index in [1.54, 1.807) is 11.3 Å². The van der Waals surface area contributed by atoms with Gasteiger partial charge in [0, 0.05) is 11.4 Å². The first-order valence-corrected chi connectivity index (χ1v) is 9.77. The van der Waals surface area contributed by atoms with Crippen LogP contribution in [0.3, 0.4) is 0 Å². The van der Waals surface area contributed by atoms with Crippen LogP contribution in [-0.4, -0.2) is 17.4 Å². The lowest BCUT2D eigenvalue weighted by Crippen LogP contribution is -2.40. The van der Waals surface area contributed by atoms with E-state index in [4.69, 9.17) is 0 Å². The van der Waals surface area contributed by atoms with Crippen LogP contribution in [-0.2, 0) is 6.42 Å². The Labute approximate surface area is 140 Å². The summed E-state index contributed by atoms with van der Waals surface area (Å²) < 4.78 is 1.07. The summed E-state index contributed by atoms with van der Waals surface area (Å²) in [5.41, 5.74) is 2.56. The smallest absolute Gasteiger partial charge is 0.264 e. The van der Waals surface area contributed by atoms with Crippen molar-refractivity contribution in [2.75, 3.05) is 6.54 Å². The Morgan fingerprint density at radius 2 is 2.24 bits per heavy atom. The van der Waals surface area contributed by atoms with Gasteiger partial charge in [0.05, 0.1) is 14.7 Å². The van der Waals surface area contributed by atoms with Crippen LogP contribution in [0.1, 0.15) is 44.6 Å². The number of nitrogens with zero attached hydrogens (tertiary/aromatic N) is 1. The number of aryl methyl sites for hydroxylation is 1. The maximum absolute atomic E-state index is 13.0. The Morgan fingerprint density at radius 3 is 2.90 bits per heavy atom. The SMILES string of the molecule is Cc1cc(C(=O)N2CCc3sccc3C2C2CC2)sc1Br. The fourth-order valence-electron chi connectivity index (χ4n) is 3.20. The molecule has 3 heterocycles. The third kappa shape index (κ3) is 2.39. The molecule has 21 heavy (non-hydrogen) atoms. The molecular formula is C16H16BrNOS2. The minimum Gasteiger partial charge on any atom is -0.330 e. The summed E-state index contributed by atoms with van der Waals surface area (Å²) in [6.07, 6.45) is 3.53. The Balaban J connectivity index is 1.69. The highest BCUT2D eigenvalue weighted by Gasteiger charge is 2.42. The van der Waals surface area contributed by atoms with Crippen LogP contribution >= 0.6 is 38.6 Å². The molecule has 1 atom stereocenters. The van der Waals surface area contributed by atoms with Gasteiger partial charge in [-0.05, 0) is 76.7 Å². The van der Waals surface area contributed by atoms with Gasteiger partial charge in [0.15, 0.2) is 0 Å². The molecule has 1 aliphatic carbocycles. The molecule has 0 aromatic carbocycles. The number of carbonyl (C=O) groups excluding carboxylic acids is 1. The van der Waals surface area contributed by atoms with Gasteiger partial charge in [-0.3, -0.25) is 4.79 Å². The monoisotopic (exact) mass is 381 g/mol. The Kier molecular flexibility index (Phi) is 3.47. The molecule has 5 heteroatoms. The number of carbonyl (C=O) groups is 1. The third-order valence-electron chi connectivity index (χ3n) is 4.41. The Bertz CT molecular complexity index is 681. The van der Waals surface area contributed by atoms with E-state index in [2.05, 4.69) is 32.3 Å². The van der Waals surface area contributed by atoms with Crippen molar-refractivity contribution < 1.29 is 4.79 Å². The number of fused-ring (bicyclic) bond motifs is 1. The van der Waals surface area contributed by atoms with E-state index in [-0.39, 0.29) is 5.91 Å². The van der Waals surface area contributed by atoms with Gasteiger partial charge in [0.2, 0.25) is 0 Å². The molecule has 1 saturated carbocycles. The first-order valence-electron chi connectivity index (χ1n) is 7.28. The molecule has 2 aromatic heterocycles. The summed E-state index contributed by atoms with van der Waals surface area (Å²) in [4.78, 5) is 17.4. The molecule has 2 nitrogen and oxygen atoms in total. The summed E-state index contributed by atoms with van der Waals surface area (Å²) in [5, 5.41) is 2.18. The van der Waals surface area contributed by atoms with Crippen LogP contribution < -0.4 is 0 Å². The molecule has 0 radical (unpaired) electrons. The van der Waals surface area contributed by atoms with Crippen molar-refractivity contribution in [3.8, 4) is 0 Å². The minimum atomic E-state index is 0.211. The van der Waals surface area contributed by atoms with E-state index in [0.717, 1.165) is 27.2 Å². The van der Waals surface area contributed by atoms with Crippen molar-refractivity contribution in [2.45, 2.75) is 32.2 Å². The normalized spacial score (nSPS) is 21.4. The molecule has 0 spiro atoms. The quantitative estimate of drug-likeness (QED) is 0.713. The van der Waals surface area contributed by atoms with Crippen molar-refractivity contribution >= 4 is 44.5 Å². The number of thiophene rings is 2. The maximum atomic E-state index is 13.0. The number of halogens is 1. The van der Waals surface area contributed by atoms with Gasteiger partial charge in [0.1, 0.15) is 0 Å². The lowest BCUT2D eigenvalue weighted by Gasteiger charge is -2.36. The first kappa shape index (κ1) is 14.0. The molecule has 110 valence electrons. The molecular weight excluding hydrogens is 366 g/mol. The van der Waals surface area contributed by atoms with E-state index in [9.17, 15) is 4.79 Å². The van der Waals surface area contributed by atoms with Gasteiger partial charge in [0.25, 0.3) is 5.91 Å². The van der Waals surface area contributed by atoms with Crippen LogP contribution in [0.5, 0.6) is 0 Å². The predicted molar refractivity (Wildman–Crippen MR) is 91.3 cm³/mol. The zero-order valence-electron chi connectivity index (χ0n) is 11.8. The van der Waals surface area contributed by atoms with Gasteiger partial charge in [-0.2, -0.15) is 0 Å². The standard InChI is InChI=1S/C16H16BrNOS2/c1-9-8-13(21-15(9)17)16(19)18-6-4-12-11(5-7-20-12)14(18)10-2-3-10/h5,7-8,10,14H,2-4,6H2,1H3. The number of hydrogen-bond acceptors (Lipinski definition) is 3. The van der Waals surface area contributed by atoms with Gasteiger partial charge in [-0.15, -0.1) is 22.7 Å². The van der Waals surface area contributed by atoms with Gasteiger partial charge in [-0.25, -0.2) is 0 Å². The predicted octanol–water partition coefficient (Wildman–Crippen LogP) is 5.03. The fraction of sp³-hybridized carbons (Fsp3) is 0.438. The minimum absolute atomic E-state index is 0.211. The molecule has 0 bridgehead atoms. The second-order valence-electron chi connectivity index (χ2n) is 5.90. The highest BCUT2D eigenvalue weighted by molar-refractivity contribution is 9.11. The Morgan fingerprint density at radius 1 is 1.43 bits per heavy atom. The van der Waals surface area contributed by atoms with E-state index >= 15 is 0 Å². The molecule has 0 N–H and O–H groups in total. The van der Waals surface area contributed by atoms with Crippen LogP contribution in [0.25, 0.3) is 0 Å². The summed E-state index contributed by atoms with van der Waals surface area (Å²) in [6, 6.07) is 4.57. The lowest BCUT2D eigenvalue weighted by molar-refractivity contribution is 0.0642. The van der Waals surface area contributed by atoms with Gasteiger partial charge >= 0.3 is 0 Å². The van der Waals surface area contributed by atoms with E-state index in [1.807, 2.05) is 24.3 Å². The molecule has 2 aliphatic rings. The highest BCUT2D eigenvalue weighted by Crippen LogP contribution is 2.49. The number of amides is 1. The first-order chi connectivity index (χ1) is 10.1. The molecule has 1 amide bonds. The second-order valence-corrected chi connectivity index (χ2v) is 9.27. The van der Waals surface area contributed by atoms with Crippen molar-refractivity contribution in [3.05, 3.63) is 42.2 Å². The Hall–Kier alpha value is -0.650. The van der Waals surface area contributed by atoms with Gasteiger partial charge < -0.3 is 4.90 Å². The average Bonchev–Trinajstić information content (AvgIpc) is 3.10. The molecule has 4 rings (SSSR count). The summed E-state index contributed by atoms with van der Waals surface area (Å²) >= 11 is 6.94. The summed E-state index contributed by atoms with van der Waals surface area (Å²) in [5.74, 6) is 0.884. The summed E-state index contributed by atoms with van der Waals surface area (Å²) in [7, 11) is 0. The topological polar surface area (TPSA) is 20.3 Å². The van der Waals surface area contributed by atoms with Crippen molar-refractivity contribution in [1.82, 2.24) is 4.90 Å². The van der Waals surface area contributed by atoms with E-state index < -0.39 is 0 Å². The second kappa shape index (κ2) is 5.21. The van der Waals surface area contributed by atoms with Crippen LogP contribution in [0.2, 0.25) is 0 Å². The van der Waals surface area contributed by atoms with Crippen LogP contribution in [0.4, 0.5) is 0 Å². The largest absolute Gasteiger partial charge is 0.330 e. The average molecular weight is 382 g/mol. The lowest BCUT2D eigenvalue weighted by atomic mass is 9.95. The maximum Gasteiger partial charge on any atom is 0.264 e.